The van der Waals surface area contributed by atoms with Crippen LogP contribution in [-0.4, -0.2) is 16.1 Å². The number of aryl methyl sites for hydroxylation is 1. The molecule has 0 aliphatic carbocycles. The van der Waals surface area contributed by atoms with Gasteiger partial charge in [-0.1, -0.05) is 43.1 Å². The largest absolute Gasteiger partial charge is 0.285 e. The molecule has 0 fully saturated rings. The van der Waals surface area contributed by atoms with Gasteiger partial charge in [0.05, 0.1) is 11.3 Å². The Kier molecular flexibility index (Phi) is 4.71. The minimum atomic E-state index is -0.591. The molecule has 1 heterocycles. The molecule has 0 saturated heterocycles. The Morgan fingerprint density at radius 3 is 2.75 bits per heavy atom. The van der Waals surface area contributed by atoms with Crippen LogP contribution < -0.4 is 5.06 Å². The van der Waals surface area contributed by atoms with Gasteiger partial charge in [-0.3, -0.25) is 10.0 Å². The van der Waals surface area contributed by atoms with E-state index in [-0.39, 0.29) is 10.7 Å². The van der Waals surface area contributed by atoms with Crippen molar-refractivity contribution in [1.82, 2.24) is 4.98 Å². The number of hydrogen-bond acceptors (Lipinski definition) is 3. The van der Waals surface area contributed by atoms with E-state index in [9.17, 15) is 10.0 Å². The Morgan fingerprint density at radius 1 is 1.30 bits per heavy atom. The number of pyridine rings is 1. The number of hydroxylamine groups is 1. The highest BCUT2D eigenvalue weighted by Gasteiger charge is 2.20. The average Bonchev–Trinajstić information content (AvgIpc) is 2.47. The maximum Gasteiger partial charge on any atom is 0.285 e. The first-order valence-corrected chi connectivity index (χ1v) is 6.74. The summed E-state index contributed by atoms with van der Waals surface area (Å²) in [6, 6.07) is 10.4. The average molecular weight is 291 g/mol. The van der Waals surface area contributed by atoms with Crippen LogP contribution in [0.3, 0.4) is 0 Å². The second-order valence-electron chi connectivity index (χ2n) is 4.34. The number of aromatic nitrogens is 1. The van der Waals surface area contributed by atoms with Crippen molar-refractivity contribution in [3.05, 3.63) is 58.9 Å². The van der Waals surface area contributed by atoms with E-state index in [4.69, 9.17) is 11.6 Å². The molecule has 2 rings (SSSR count). The van der Waals surface area contributed by atoms with Gasteiger partial charge >= 0.3 is 0 Å². The summed E-state index contributed by atoms with van der Waals surface area (Å²) >= 11 is 5.88. The summed E-state index contributed by atoms with van der Waals surface area (Å²) in [5, 5.41) is 10.9. The molecule has 20 heavy (non-hydrogen) atoms. The third kappa shape index (κ3) is 2.98. The molecule has 0 aliphatic heterocycles. The highest BCUT2D eigenvalue weighted by Crippen LogP contribution is 2.23. The van der Waals surface area contributed by atoms with Crippen LogP contribution in [0.5, 0.6) is 0 Å². The number of halogens is 1. The molecule has 2 aromatic rings. The predicted octanol–water partition coefficient (Wildman–Crippen LogP) is 3.72. The molecule has 0 radical (unpaired) electrons. The molecule has 1 aromatic carbocycles. The van der Waals surface area contributed by atoms with Gasteiger partial charge in [-0.05, 0) is 30.2 Å². The van der Waals surface area contributed by atoms with E-state index >= 15 is 0 Å². The van der Waals surface area contributed by atoms with Crippen LogP contribution in [0.2, 0.25) is 5.15 Å². The van der Waals surface area contributed by atoms with Crippen molar-refractivity contribution >= 4 is 23.2 Å². The molecule has 0 atom stereocenters. The van der Waals surface area contributed by atoms with Gasteiger partial charge < -0.3 is 0 Å². The monoisotopic (exact) mass is 290 g/mol. The predicted molar refractivity (Wildman–Crippen MR) is 78.3 cm³/mol. The van der Waals surface area contributed by atoms with Crippen LogP contribution in [0.15, 0.2) is 42.6 Å². The number of hydrogen-bond donors (Lipinski definition) is 1. The van der Waals surface area contributed by atoms with Crippen molar-refractivity contribution in [1.29, 1.82) is 0 Å². The lowest BCUT2D eigenvalue weighted by molar-refractivity contribution is 0.0854. The molecule has 0 unspecified atom stereocenters. The Hall–Kier alpha value is -1.91. The highest BCUT2D eigenvalue weighted by molar-refractivity contribution is 6.33. The van der Waals surface area contributed by atoms with Crippen LogP contribution >= 0.6 is 11.6 Å². The topological polar surface area (TPSA) is 53.4 Å². The highest BCUT2D eigenvalue weighted by atomic mass is 35.5. The lowest BCUT2D eigenvalue weighted by atomic mass is 10.1. The summed E-state index contributed by atoms with van der Waals surface area (Å²) in [4.78, 5) is 16.1. The van der Waals surface area contributed by atoms with Gasteiger partial charge in [-0.25, -0.2) is 4.98 Å². The first-order valence-electron chi connectivity index (χ1n) is 6.37. The third-order valence-corrected chi connectivity index (χ3v) is 3.22. The maximum absolute atomic E-state index is 12.3. The second-order valence-corrected chi connectivity index (χ2v) is 4.70. The van der Waals surface area contributed by atoms with Crippen LogP contribution in [-0.2, 0) is 6.42 Å². The summed E-state index contributed by atoms with van der Waals surface area (Å²) in [6.07, 6.45) is 3.19. The maximum atomic E-state index is 12.3. The van der Waals surface area contributed by atoms with E-state index in [1.165, 1.54) is 12.3 Å². The zero-order valence-corrected chi connectivity index (χ0v) is 11.8. The molecule has 0 bridgehead atoms. The van der Waals surface area contributed by atoms with E-state index in [0.717, 1.165) is 18.4 Å². The molecule has 104 valence electrons. The number of benzene rings is 1. The van der Waals surface area contributed by atoms with E-state index in [0.29, 0.717) is 10.8 Å². The fourth-order valence-corrected chi connectivity index (χ4v) is 2.17. The molecule has 1 aromatic heterocycles. The minimum absolute atomic E-state index is 0.0736. The quantitative estimate of drug-likeness (QED) is 0.530. The van der Waals surface area contributed by atoms with Gasteiger partial charge in [-0.2, -0.15) is 5.06 Å². The van der Waals surface area contributed by atoms with Crippen LogP contribution in [0.4, 0.5) is 5.69 Å². The fraction of sp³-hybridized carbons (Fsp3) is 0.200. The zero-order valence-electron chi connectivity index (χ0n) is 11.1. The van der Waals surface area contributed by atoms with Crippen molar-refractivity contribution in [3.8, 4) is 0 Å². The van der Waals surface area contributed by atoms with Crippen molar-refractivity contribution in [2.45, 2.75) is 19.8 Å². The lowest BCUT2D eigenvalue weighted by Gasteiger charge is -2.18. The van der Waals surface area contributed by atoms with Crippen molar-refractivity contribution in [3.63, 3.8) is 0 Å². The van der Waals surface area contributed by atoms with Gasteiger partial charge in [-0.15, -0.1) is 0 Å². The SMILES string of the molecule is CCCc1ccccc1N(O)C(=O)c1cccnc1Cl. The Labute approximate surface area is 122 Å². The van der Waals surface area contributed by atoms with E-state index in [1.807, 2.05) is 19.1 Å². The summed E-state index contributed by atoms with van der Waals surface area (Å²) in [5.41, 5.74) is 1.55. The second kappa shape index (κ2) is 6.50. The van der Waals surface area contributed by atoms with Crippen LogP contribution in [0, 0.1) is 0 Å². The number of para-hydroxylation sites is 1. The van der Waals surface area contributed by atoms with Gasteiger partial charge in [0, 0.05) is 6.20 Å². The van der Waals surface area contributed by atoms with Crippen LogP contribution in [0.25, 0.3) is 0 Å². The number of nitrogens with zero attached hydrogens (tertiary/aromatic N) is 2. The van der Waals surface area contributed by atoms with Crippen molar-refractivity contribution < 1.29 is 10.0 Å². The van der Waals surface area contributed by atoms with E-state index < -0.39 is 5.91 Å². The fourth-order valence-electron chi connectivity index (χ4n) is 1.97. The third-order valence-electron chi connectivity index (χ3n) is 2.92. The molecule has 1 N–H and O–H groups in total. The molecule has 5 heteroatoms. The molecular weight excluding hydrogens is 276 g/mol. The normalized spacial score (nSPS) is 10.3. The zero-order chi connectivity index (χ0) is 14.5. The molecule has 0 spiro atoms. The van der Waals surface area contributed by atoms with Gasteiger partial charge in [0.2, 0.25) is 0 Å². The molecular formula is C15H15ClN2O2. The Morgan fingerprint density at radius 2 is 2.05 bits per heavy atom. The Balaban J connectivity index is 2.34. The summed E-state index contributed by atoms with van der Waals surface area (Å²) in [6.45, 7) is 2.04. The van der Waals surface area contributed by atoms with E-state index in [2.05, 4.69) is 4.98 Å². The first kappa shape index (κ1) is 14.5. The summed E-state index contributed by atoms with van der Waals surface area (Å²) in [7, 11) is 0. The number of carbonyl (C=O) groups is 1. The lowest BCUT2D eigenvalue weighted by Crippen LogP contribution is -2.28. The van der Waals surface area contributed by atoms with Gasteiger partial charge in [0.25, 0.3) is 5.91 Å². The van der Waals surface area contributed by atoms with Crippen molar-refractivity contribution in [2.24, 2.45) is 0 Å². The Bertz CT molecular complexity index is 616. The summed E-state index contributed by atoms with van der Waals surface area (Å²) in [5.74, 6) is -0.591. The first-order chi connectivity index (χ1) is 9.65. The molecule has 0 aliphatic rings. The molecule has 0 saturated carbocycles. The number of rotatable bonds is 4. The van der Waals surface area contributed by atoms with Gasteiger partial charge in [0.1, 0.15) is 5.15 Å². The standard InChI is InChI=1S/C15H15ClN2O2/c1-2-6-11-7-3-4-9-13(11)18(20)15(19)12-8-5-10-17-14(12)16/h3-5,7-10,20H,2,6H2,1H3. The number of amides is 1. The molecule has 4 nitrogen and oxygen atoms in total. The van der Waals surface area contributed by atoms with E-state index in [1.54, 1.807) is 18.2 Å². The van der Waals surface area contributed by atoms with Gasteiger partial charge in [0.15, 0.2) is 0 Å². The van der Waals surface area contributed by atoms with Crippen molar-refractivity contribution in [2.75, 3.05) is 5.06 Å². The van der Waals surface area contributed by atoms with Crippen LogP contribution in [0.1, 0.15) is 29.3 Å². The number of anilines is 1. The minimum Gasteiger partial charge on any atom is -0.281 e. The smallest absolute Gasteiger partial charge is 0.281 e. The number of carbonyl (C=O) groups excluding carboxylic acids is 1. The summed E-state index contributed by atoms with van der Waals surface area (Å²) < 4.78 is 0. The molecule has 1 amide bonds.